The monoisotopic (exact) mass is 556 g/mol. The molecule has 0 aliphatic carbocycles. The number of esters is 1. The summed E-state index contributed by atoms with van der Waals surface area (Å²) in [4.78, 5) is 24.7. The maximum atomic E-state index is 12.5. The van der Waals surface area contributed by atoms with Gasteiger partial charge in [0.1, 0.15) is 5.75 Å². The summed E-state index contributed by atoms with van der Waals surface area (Å²) in [6.07, 6.45) is 3.84. The van der Waals surface area contributed by atoms with Gasteiger partial charge in [0.25, 0.3) is 5.91 Å². The van der Waals surface area contributed by atoms with Gasteiger partial charge < -0.3 is 14.2 Å². The molecule has 0 fully saturated rings. The average molecular weight is 558 g/mol. The summed E-state index contributed by atoms with van der Waals surface area (Å²) in [7, 11) is 1.53. The molecule has 0 saturated heterocycles. The molecule has 35 heavy (non-hydrogen) atoms. The van der Waals surface area contributed by atoms with Gasteiger partial charge >= 0.3 is 5.97 Å². The fourth-order valence-electron chi connectivity index (χ4n) is 2.97. The van der Waals surface area contributed by atoms with E-state index in [2.05, 4.69) is 33.0 Å². The highest BCUT2D eigenvalue weighted by Gasteiger charge is 2.14. The van der Waals surface area contributed by atoms with Crippen molar-refractivity contribution < 1.29 is 23.8 Å². The number of nitrogens with one attached hydrogen (secondary N) is 1. The van der Waals surface area contributed by atoms with E-state index in [9.17, 15) is 9.59 Å². The SMILES string of the molecule is C=CCc1ccc(OCC(=O)N/N=C\c2cc(Br)ccc2OC(=O)c2ccccc2Cl)c(OC)c1. The molecule has 0 saturated carbocycles. The van der Waals surface area contributed by atoms with Crippen molar-refractivity contribution >= 4 is 45.6 Å². The van der Waals surface area contributed by atoms with Gasteiger partial charge in [-0.1, -0.05) is 51.8 Å². The number of carbonyl (C=O) groups excluding carboxylic acids is 2. The number of allylic oxidation sites excluding steroid dienone is 1. The summed E-state index contributed by atoms with van der Waals surface area (Å²) in [6.45, 7) is 3.44. The predicted octanol–water partition coefficient (Wildman–Crippen LogP) is 5.59. The molecule has 3 aromatic rings. The number of rotatable bonds is 10. The minimum atomic E-state index is -0.613. The fourth-order valence-corrected chi connectivity index (χ4v) is 3.56. The molecule has 0 aliphatic heterocycles. The van der Waals surface area contributed by atoms with Crippen molar-refractivity contribution in [3.63, 3.8) is 0 Å². The molecule has 0 heterocycles. The zero-order chi connectivity index (χ0) is 25.2. The molecule has 0 spiro atoms. The first-order chi connectivity index (χ1) is 16.9. The average Bonchev–Trinajstić information content (AvgIpc) is 2.85. The first-order valence-corrected chi connectivity index (χ1v) is 11.6. The molecule has 7 nitrogen and oxygen atoms in total. The van der Waals surface area contributed by atoms with Crippen LogP contribution in [0, 0.1) is 0 Å². The highest BCUT2D eigenvalue weighted by molar-refractivity contribution is 9.10. The molecule has 3 rings (SSSR count). The fraction of sp³-hybridized carbons (Fsp3) is 0.115. The minimum Gasteiger partial charge on any atom is -0.493 e. The van der Waals surface area contributed by atoms with Gasteiger partial charge in [-0.3, -0.25) is 4.79 Å². The van der Waals surface area contributed by atoms with Crippen LogP contribution in [-0.2, 0) is 11.2 Å². The number of nitrogens with zero attached hydrogens (tertiary/aromatic N) is 1. The standard InChI is InChI=1S/C26H22BrClN2O5/c1-3-6-17-9-11-23(24(13-17)33-2)34-16-25(31)30-29-15-18-14-19(27)10-12-22(18)35-26(32)20-7-4-5-8-21(20)28/h3-5,7-15H,1,6,16H2,2H3,(H,30,31)/b29-15-. The lowest BCUT2D eigenvalue weighted by Crippen LogP contribution is -2.24. The summed E-state index contributed by atoms with van der Waals surface area (Å²) in [5, 5.41) is 4.23. The van der Waals surface area contributed by atoms with Gasteiger partial charge in [0.15, 0.2) is 18.1 Å². The largest absolute Gasteiger partial charge is 0.493 e. The van der Waals surface area contributed by atoms with Gasteiger partial charge in [-0.15, -0.1) is 6.58 Å². The second-order valence-electron chi connectivity index (χ2n) is 7.11. The van der Waals surface area contributed by atoms with Crippen LogP contribution >= 0.6 is 27.5 Å². The van der Waals surface area contributed by atoms with Gasteiger partial charge in [-0.2, -0.15) is 5.10 Å². The predicted molar refractivity (Wildman–Crippen MR) is 139 cm³/mol. The Bertz CT molecular complexity index is 1260. The second-order valence-corrected chi connectivity index (χ2v) is 8.43. The van der Waals surface area contributed by atoms with E-state index in [0.29, 0.717) is 23.5 Å². The van der Waals surface area contributed by atoms with Crippen LogP contribution in [0.2, 0.25) is 5.02 Å². The third-order valence-electron chi connectivity index (χ3n) is 4.63. The van der Waals surface area contributed by atoms with Gasteiger partial charge in [0.2, 0.25) is 0 Å². The van der Waals surface area contributed by atoms with Crippen LogP contribution in [0.1, 0.15) is 21.5 Å². The van der Waals surface area contributed by atoms with Crippen molar-refractivity contribution in [2.45, 2.75) is 6.42 Å². The normalized spacial score (nSPS) is 10.6. The Kier molecular flexibility index (Phi) is 9.46. The molecular weight excluding hydrogens is 536 g/mol. The zero-order valence-electron chi connectivity index (χ0n) is 18.8. The van der Waals surface area contributed by atoms with Crippen molar-refractivity contribution in [1.82, 2.24) is 5.43 Å². The van der Waals surface area contributed by atoms with Crippen LogP contribution in [0.15, 0.2) is 82.9 Å². The van der Waals surface area contributed by atoms with E-state index in [-0.39, 0.29) is 22.9 Å². The van der Waals surface area contributed by atoms with Crippen molar-refractivity contribution in [3.05, 3.63) is 99.5 Å². The summed E-state index contributed by atoms with van der Waals surface area (Å²) in [5.74, 6) is 0.0952. The maximum Gasteiger partial charge on any atom is 0.345 e. The molecule has 0 aliphatic rings. The van der Waals surface area contributed by atoms with E-state index >= 15 is 0 Å². The van der Waals surface area contributed by atoms with Crippen molar-refractivity contribution in [3.8, 4) is 17.2 Å². The summed E-state index contributed by atoms with van der Waals surface area (Å²) < 4.78 is 17.1. The Hall–Kier alpha value is -3.62. The van der Waals surface area contributed by atoms with Crippen molar-refractivity contribution in [2.75, 3.05) is 13.7 Å². The van der Waals surface area contributed by atoms with Gasteiger partial charge in [0, 0.05) is 10.0 Å². The maximum absolute atomic E-state index is 12.5. The number of benzene rings is 3. The highest BCUT2D eigenvalue weighted by atomic mass is 79.9. The van der Waals surface area contributed by atoms with Crippen molar-refractivity contribution in [2.24, 2.45) is 5.10 Å². The number of hydrogen-bond acceptors (Lipinski definition) is 6. The summed E-state index contributed by atoms with van der Waals surface area (Å²) in [6, 6.07) is 17.0. The Morgan fingerprint density at radius 1 is 1.09 bits per heavy atom. The Morgan fingerprint density at radius 3 is 2.60 bits per heavy atom. The lowest BCUT2D eigenvalue weighted by molar-refractivity contribution is -0.123. The van der Waals surface area contributed by atoms with Crippen molar-refractivity contribution in [1.29, 1.82) is 0 Å². The third-order valence-corrected chi connectivity index (χ3v) is 5.45. The highest BCUT2D eigenvalue weighted by Crippen LogP contribution is 2.28. The first-order valence-electron chi connectivity index (χ1n) is 10.4. The second kappa shape index (κ2) is 12.7. The van der Waals surface area contributed by atoms with E-state index in [1.807, 2.05) is 12.1 Å². The van der Waals surface area contributed by atoms with Crippen LogP contribution < -0.4 is 19.6 Å². The number of hydrogen-bond donors (Lipinski definition) is 1. The Balaban J connectivity index is 1.62. The molecule has 3 aromatic carbocycles. The molecule has 1 amide bonds. The Morgan fingerprint density at radius 2 is 1.86 bits per heavy atom. The molecule has 0 radical (unpaired) electrons. The molecular formula is C26H22BrClN2O5. The molecule has 0 atom stereocenters. The zero-order valence-corrected chi connectivity index (χ0v) is 21.1. The molecule has 0 aromatic heterocycles. The minimum absolute atomic E-state index is 0.235. The number of ether oxygens (including phenoxy) is 3. The smallest absolute Gasteiger partial charge is 0.345 e. The Labute approximate surface area is 216 Å². The van der Waals surface area contributed by atoms with E-state index in [4.69, 9.17) is 25.8 Å². The quantitative estimate of drug-likeness (QED) is 0.116. The van der Waals surface area contributed by atoms with Crippen LogP contribution in [0.4, 0.5) is 0 Å². The topological polar surface area (TPSA) is 86.2 Å². The number of methoxy groups -OCH3 is 1. The van der Waals surface area contributed by atoms with Gasteiger partial charge in [-0.05, 0) is 54.4 Å². The number of carbonyl (C=O) groups is 2. The number of amides is 1. The van der Waals surface area contributed by atoms with Crippen LogP contribution in [-0.4, -0.2) is 31.8 Å². The van der Waals surface area contributed by atoms with Crippen LogP contribution in [0.3, 0.4) is 0 Å². The van der Waals surface area contributed by atoms with E-state index < -0.39 is 11.9 Å². The third kappa shape index (κ3) is 7.43. The number of hydrazone groups is 1. The summed E-state index contributed by atoms with van der Waals surface area (Å²) in [5.41, 5.74) is 4.09. The lowest BCUT2D eigenvalue weighted by Gasteiger charge is -2.11. The molecule has 0 unspecified atom stereocenters. The summed E-state index contributed by atoms with van der Waals surface area (Å²) >= 11 is 9.45. The molecule has 180 valence electrons. The lowest BCUT2D eigenvalue weighted by atomic mass is 10.1. The van der Waals surface area contributed by atoms with Gasteiger partial charge in [0.05, 0.1) is 23.9 Å². The van der Waals surface area contributed by atoms with E-state index in [1.165, 1.54) is 13.3 Å². The number of halogens is 2. The first kappa shape index (κ1) is 26.0. The van der Waals surface area contributed by atoms with E-state index in [0.717, 1.165) is 10.0 Å². The molecule has 1 N–H and O–H groups in total. The van der Waals surface area contributed by atoms with Crippen LogP contribution in [0.5, 0.6) is 17.2 Å². The van der Waals surface area contributed by atoms with Crippen LogP contribution in [0.25, 0.3) is 0 Å². The van der Waals surface area contributed by atoms with E-state index in [1.54, 1.807) is 54.6 Å². The van der Waals surface area contributed by atoms with Gasteiger partial charge in [-0.25, -0.2) is 10.2 Å². The molecule has 0 bridgehead atoms. The molecule has 9 heteroatoms.